The molecule has 1 aromatic heterocycles. The van der Waals surface area contributed by atoms with E-state index in [-0.39, 0.29) is 17.5 Å². The summed E-state index contributed by atoms with van der Waals surface area (Å²) < 4.78 is 13.1. The number of anilines is 5. The van der Waals surface area contributed by atoms with Crippen LogP contribution in [0.1, 0.15) is 27.0 Å². The van der Waals surface area contributed by atoms with Crippen molar-refractivity contribution < 1.29 is 14.3 Å². The maximum Gasteiger partial charge on any atom is 0.261 e. The number of aromatic hydroxyl groups is 1. The number of nitrogens with zero attached hydrogens (tertiary/aromatic N) is 1. The molecule has 2 heterocycles. The molecule has 1 aliphatic heterocycles. The molecule has 0 unspecified atom stereocenters. The lowest BCUT2D eigenvalue weighted by atomic mass is 10.1. The minimum atomic E-state index is -0.295. The summed E-state index contributed by atoms with van der Waals surface area (Å²) in [6, 6.07) is 18.9. The van der Waals surface area contributed by atoms with E-state index in [9.17, 15) is 14.3 Å². The SMILES string of the molecule is Cc1ccc(O)cc1Nc1ccnc2c1C(=O)Nc1cc(CNCc3ccc(F)cc3)ccc1N2. The normalized spacial score (nSPS) is 12.1. The van der Waals surface area contributed by atoms with Gasteiger partial charge in [-0.1, -0.05) is 24.3 Å². The van der Waals surface area contributed by atoms with Crippen LogP contribution in [-0.4, -0.2) is 16.0 Å². The largest absolute Gasteiger partial charge is 0.508 e. The Kier molecular flexibility index (Phi) is 6.03. The highest BCUT2D eigenvalue weighted by molar-refractivity contribution is 6.15. The summed E-state index contributed by atoms with van der Waals surface area (Å²) in [5.74, 6) is 0.0183. The van der Waals surface area contributed by atoms with Gasteiger partial charge in [0.05, 0.1) is 17.1 Å². The fraction of sp³-hybridized carbons (Fsp3) is 0.111. The van der Waals surface area contributed by atoms with Crippen LogP contribution < -0.4 is 21.3 Å². The molecular weight excluding hydrogens is 445 g/mol. The van der Waals surface area contributed by atoms with E-state index in [1.807, 2.05) is 25.1 Å². The number of amides is 1. The minimum Gasteiger partial charge on any atom is -0.508 e. The number of benzene rings is 3. The molecule has 0 fully saturated rings. The first-order valence-corrected chi connectivity index (χ1v) is 11.2. The molecule has 0 atom stereocenters. The fourth-order valence-corrected chi connectivity index (χ4v) is 3.96. The second-order valence-corrected chi connectivity index (χ2v) is 8.40. The van der Waals surface area contributed by atoms with Gasteiger partial charge in [-0.2, -0.15) is 0 Å². The van der Waals surface area contributed by atoms with Crippen molar-refractivity contribution in [3.63, 3.8) is 0 Å². The number of fused-ring (bicyclic) bond motifs is 2. The van der Waals surface area contributed by atoms with E-state index >= 15 is 0 Å². The van der Waals surface area contributed by atoms with E-state index in [2.05, 4.69) is 26.3 Å². The molecule has 0 radical (unpaired) electrons. The molecular formula is C27H24FN5O2. The molecule has 1 aliphatic rings. The smallest absolute Gasteiger partial charge is 0.261 e. The molecule has 8 heteroatoms. The van der Waals surface area contributed by atoms with Crippen molar-refractivity contribution in [1.29, 1.82) is 0 Å². The molecule has 3 aromatic carbocycles. The quantitative estimate of drug-likeness (QED) is 0.253. The molecule has 0 saturated carbocycles. The number of aromatic nitrogens is 1. The Balaban J connectivity index is 1.35. The van der Waals surface area contributed by atoms with Gasteiger partial charge in [0.25, 0.3) is 5.91 Å². The highest BCUT2D eigenvalue weighted by atomic mass is 19.1. The summed E-state index contributed by atoms with van der Waals surface area (Å²) in [5.41, 5.74) is 5.93. The van der Waals surface area contributed by atoms with E-state index in [1.165, 1.54) is 12.1 Å². The highest BCUT2D eigenvalue weighted by Crippen LogP contribution is 2.36. The molecule has 0 saturated heterocycles. The lowest BCUT2D eigenvalue weighted by Crippen LogP contribution is -2.15. The van der Waals surface area contributed by atoms with E-state index in [4.69, 9.17) is 0 Å². The van der Waals surface area contributed by atoms with Crippen LogP contribution in [0.4, 0.5) is 33.0 Å². The van der Waals surface area contributed by atoms with Crippen molar-refractivity contribution in [2.45, 2.75) is 20.0 Å². The zero-order chi connectivity index (χ0) is 24.4. The van der Waals surface area contributed by atoms with Gasteiger partial charge in [0.15, 0.2) is 0 Å². The Morgan fingerprint density at radius 2 is 1.66 bits per heavy atom. The number of hydrogen-bond acceptors (Lipinski definition) is 6. The minimum absolute atomic E-state index is 0.133. The Morgan fingerprint density at radius 1 is 0.886 bits per heavy atom. The summed E-state index contributed by atoms with van der Waals surface area (Å²) in [7, 11) is 0. The highest BCUT2D eigenvalue weighted by Gasteiger charge is 2.24. The van der Waals surface area contributed by atoms with Gasteiger partial charge in [-0.3, -0.25) is 4.79 Å². The van der Waals surface area contributed by atoms with Crippen molar-refractivity contribution in [3.8, 4) is 5.75 Å². The lowest BCUT2D eigenvalue weighted by molar-refractivity contribution is 0.102. The van der Waals surface area contributed by atoms with Crippen LogP contribution in [0.25, 0.3) is 0 Å². The van der Waals surface area contributed by atoms with Crippen LogP contribution >= 0.6 is 0 Å². The standard InChI is InChI=1S/C27H24FN5O2/c1-16-2-8-20(34)13-23(16)31-22-10-11-30-26-25(22)27(35)33-24-12-18(5-9-21(24)32-26)15-29-14-17-3-6-19(28)7-4-17/h2-13,29,34H,14-15H2,1H3,(H,33,35)(H2,30,31,32). The number of halogens is 1. The van der Waals surface area contributed by atoms with Crippen LogP contribution in [0.3, 0.4) is 0 Å². The van der Waals surface area contributed by atoms with Gasteiger partial charge in [0, 0.05) is 31.0 Å². The van der Waals surface area contributed by atoms with Gasteiger partial charge in [-0.25, -0.2) is 9.37 Å². The Labute approximate surface area is 202 Å². The molecule has 5 rings (SSSR count). The number of carbonyl (C=O) groups is 1. The van der Waals surface area contributed by atoms with Gasteiger partial charge in [0.1, 0.15) is 22.9 Å². The first-order chi connectivity index (χ1) is 17.0. The maximum absolute atomic E-state index is 13.2. The van der Waals surface area contributed by atoms with E-state index < -0.39 is 0 Å². The van der Waals surface area contributed by atoms with Crippen molar-refractivity contribution in [1.82, 2.24) is 10.3 Å². The van der Waals surface area contributed by atoms with Crippen LogP contribution in [0.2, 0.25) is 0 Å². The van der Waals surface area contributed by atoms with Gasteiger partial charge in [-0.05, 0) is 60.0 Å². The third-order valence-electron chi connectivity index (χ3n) is 5.83. The van der Waals surface area contributed by atoms with Crippen LogP contribution in [0, 0.1) is 12.7 Å². The van der Waals surface area contributed by atoms with E-state index in [0.29, 0.717) is 41.5 Å². The molecule has 0 spiro atoms. The van der Waals surface area contributed by atoms with Gasteiger partial charge >= 0.3 is 0 Å². The molecule has 0 bridgehead atoms. The monoisotopic (exact) mass is 469 g/mol. The molecule has 0 aliphatic carbocycles. The first kappa shape index (κ1) is 22.4. The second kappa shape index (κ2) is 9.44. The van der Waals surface area contributed by atoms with Crippen molar-refractivity contribution in [3.05, 3.63) is 101 Å². The number of hydrogen-bond donors (Lipinski definition) is 5. The third-order valence-corrected chi connectivity index (χ3v) is 5.83. The number of phenolic OH excluding ortho intramolecular Hbond substituents is 1. The number of phenols is 1. The van der Waals surface area contributed by atoms with Gasteiger partial charge < -0.3 is 26.4 Å². The van der Waals surface area contributed by atoms with Crippen LogP contribution in [-0.2, 0) is 13.1 Å². The maximum atomic E-state index is 13.2. The summed E-state index contributed by atoms with van der Waals surface area (Å²) in [6.45, 7) is 3.09. The van der Waals surface area contributed by atoms with E-state index in [0.717, 1.165) is 22.4 Å². The fourth-order valence-electron chi connectivity index (χ4n) is 3.96. The Morgan fingerprint density at radius 3 is 2.49 bits per heavy atom. The summed E-state index contributed by atoms with van der Waals surface area (Å²) in [6.07, 6.45) is 1.62. The number of pyridine rings is 1. The number of rotatable bonds is 6. The molecule has 7 nitrogen and oxygen atoms in total. The number of nitrogens with one attached hydrogen (secondary N) is 4. The van der Waals surface area contributed by atoms with Gasteiger partial charge in [-0.15, -0.1) is 0 Å². The van der Waals surface area contributed by atoms with Crippen LogP contribution in [0.5, 0.6) is 5.75 Å². The molecule has 5 N–H and O–H groups in total. The van der Waals surface area contributed by atoms with Crippen molar-refractivity contribution in [2.24, 2.45) is 0 Å². The Hall–Kier alpha value is -4.43. The molecule has 35 heavy (non-hydrogen) atoms. The molecule has 176 valence electrons. The summed E-state index contributed by atoms with van der Waals surface area (Å²) in [5, 5.41) is 22.7. The zero-order valence-electron chi connectivity index (χ0n) is 19.0. The number of aryl methyl sites for hydroxylation is 1. The van der Waals surface area contributed by atoms with Crippen molar-refractivity contribution >= 4 is 34.5 Å². The van der Waals surface area contributed by atoms with Gasteiger partial charge in [0.2, 0.25) is 0 Å². The van der Waals surface area contributed by atoms with Crippen molar-refractivity contribution in [2.75, 3.05) is 16.0 Å². The third kappa shape index (κ3) is 4.92. The number of carbonyl (C=O) groups excluding carboxylic acids is 1. The molecule has 4 aromatic rings. The van der Waals surface area contributed by atoms with E-state index in [1.54, 1.807) is 42.6 Å². The average Bonchev–Trinajstić information content (AvgIpc) is 2.98. The summed E-state index contributed by atoms with van der Waals surface area (Å²) >= 11 is 0. The van der Waals surface area contributed by atoms with Crippen LogP contribution in [0.15, 0.2) is 72.9 Å². The lowest BCUT2D eigenvalue weighted by Gasteiger charge is -2.14. The zero-order valence-corrected chi connectivity index (χ0v) is 19.0. The predicted molar refractivity (Wildman–Crippen MR) is 135 cm³/mol. The topological polar surface area (TPSA) is 98.3 Å². The first-order valence-electron chi connectivity index (χ1n) is 11.2. The second-order valence-electron chi connectivity index (χ2n) is 8.40. The predicted octanol–water partition coefficient (Wildman–Crippen LogP) is 5.58. The average molecular weight is 470 g/mol. The molecule has 1 amide bonds. The Bertz CT molecular complexity index is 1410. The summed E-state index contributed by atoms with van der Waals surface area (Å²) in [4.78, 5) is 17.6.